The summed E-state index contributed by atoms with van der Waals surface area (Å²) in [5.41, 5.74) is 5.02. The summed E-state index contributed by atoms with van der Waals surface area (Å²) < 4.78 is 5.97. The van der Waals surface area contributed by atoms with E-state index in [9.17, 15) is 4.79 Å². The number of hydrogen-bond donors (Lipinski definition) is 1. The Balaban J connectivity index is 1.67. The number of ether oxygens (including phenoxy) is 1. The molecule has 1 amide bonds. The van der Waals surface area contributed by atoms with Crippen molar-refractivity contribution < 1.29 is 9.53 Å². The van der Waals surface area contributed by atoms with Gasteiger partial charge in [0.15, 0.2) is 0 Å². The Morgan fingerprint density at radius 2 is 1.74 bits per heavy atom. The van der Waals surface area contributed by atoms with Crippen molar-refractivity contribution in [2.24, 2.45) is 0 Å². The fraction of sp³-hybridized carbons (Fsp3) is 0.190. The largest absolute Gasteiger partial charge is 0.489 e. The van der Waals surface area contributed by atoms with Gasteiger partial charge in [-0.1, -0.05) is 29.3 Å². The summed E-state index contributed by atoms with van der Waals surface area (Å²) in [6, 6.07) is 10.9. The van der Waals surface area contributed by atoms with E-state index in [1.165, 1.54) is 22.5 Å². The van der Waals surface area contributed by atoms with Crippen molar-refractivity contribution in [1.29, 1.82) is 0 Å². The fourth-order valence-electron chi connectivity index (χ4n) is 2.70. The average molecular weight is 420 g/mol. The lowest BCUT2D eigenvalue weighted by Gasteiger charge is -2.11. The van der Waals surface area contributed by atoms with E-state index in [1.807, 2.05) is 24.4 Å². The molecule has 3 aromatic rings. The minimum atomic E-state index is -0.202. The molecule has 140 valence electrons. The van der Waals surface area contributed by atoms with Gasteiger partial charge in [0.05, 0.1) is 4.88 Å². The van der Waals surface area contributed by atoms with Gasteiger partial charge in [0.25, 0.3) is 5.91 Å². The standard InChI is InChI=1S/C21H19Cl2NO2S/c1-12-4-13(2)14(3)19(5-12)26-10-15-6-20(27-11-15)21(25)24-18-8-16(22)7-17(23)9-18/h4-9,11H,10H2,1-3H3,(H,24,25). The molecule has 2 aromatic carbocycles. The number of aryl methyl sites for hydroxylation is 2. The van der Waals surface area contributed by atoms with Crippen LogP contribution in [0.5, 0.6) is 5.75 Å². The van der Waals surface area contributed by atoms with Gasteiger partial charge in [0.2, 0.25) is 0 Å². The number of benzene rings is 2. The maximum Gasteiger partial charge on any atom is 0.265 e. The summed E-state index contributed by atoms with van der Waals surface area (Å²) in [5.74, 6) is 0.672. The Kier molecular flexibility index (Phi) is 6.10. The highest BCUT2D eigenvalue weighted by molar-refractivity contribution is 7.12. The predicted molar refractivity (Wildman–Crippen MR) is 114 cm³/mol. The highest BCUT2D eigenvalue weighted by Crippen LogP contribution is 2.26. The van der Waals surface area contributed by atoms with Crippen molar-refractivity contribution in [2.75, 3.05) is 5.32 Å². The first-order chi connectivity index (χ1) is 12.8. The van der Waals surface area contributed by atoms with E-state index in [0.29, 0.717) is 27.2 Å². The molecule has 1 N–H and O–H groups in total. The SMILES string of the molecule is Cc1cc(C)c(C)c(OCc2csc(C(=O)Nc3cc(Cl)cc(Cl)c3)c2)c1. The summed E-state index contributed by atoms with van der Waals surface area (Å²) in [7, 11) is 0. The molecule has 0 aliphatic heterocycles. The Morgan fingerprint density at radius 3 is 2.44 bits per heavy atom. The van der Waals surface area contributed by atoms with Gasteiger partial charge in [-0.25, -0.2) is 0 Å². The van der Waals surface area contributed by atoms with Crippen molar-refractivity contribution in [3.8, 4) is 5.75 Å². The molecule has 0 radical (unpaired) electrons. The summed E-state index contributed by atoms with van der Waals surface area (Å²) in [5, 5.41) is 5.69. The van der Waals surface area contributed by atoms with Crippen LogP contribution in [0.15, 0.2) is 41.8 Å². The van der Waals surface area contributed by atoms with Gasteiger partial charge >= 0.3 is 0 Å². The van der Waals surface area contributed by atoms with E-state index in [1.54, 1.807) is 18.2 Å². The van der Waals surface area contributed by atoms with Crippen LogP contribution in [0.25, 0.3) is 0 Å². The zero-order valence-electron chi connectivity index (χ0n) is 15.2. The lowest BCUT2D eigenvalue weighted by atomic mass is 10.1. The third kappa shape index (κ3) is 5.04. The van der Waals surface area contributed by atoms with Crippen LogP contribution >= 0.6 is 34.5 Å². The van der Waals surface area contributed by atoms with Gasteiger partial charge in [-0.05, 0) is 73.2 Å². The fourth-order valence-corrected chi connectivity index (χ4v) is 4.02. The number of anilines is 1. The Morgan fingerprint density at radius 1 is 1.04 bits per heavy atom. The number of hydrogen-bond acceptors (Lipinski definition) is 3. The maximum absolute atomic E-state index is 12.4. The molecule has 0 saturated heterocycles. The monoisotopic (exact) mass is 419 g/mol. The Labute approximate surface area is 172 Å². The van der Waals surface area contributed by atoms with Crippen LogP contribution in [0.3, 0.4) is 0 Å². The van der Waals surface area contributed by atoms with Crippen LogP contribution in [-0.4, -0.2) is 5.91 Å². The van der Waals surface area contributed by atoms with Crippen molar-refractivity contribution >= 4 is 46.1 Å². The van der Waals surface area contributed by atoms with Crippen LogP contribution in [0.1, 0.15) is 31.9 Å². The van der Waals surface area contributed by atoms with E-state index >= 15 is 0 Å². The predicted octanol–water partition coefficient (Wildman–Crippen LogP) is 6.81. The van der Waals surface area contributed by atoms with E-state index in [4.69, 9.17) is 27.9 Å². The highest BCUT2D eigenvalue weighted by Gasteiger charge is 2.12. The number of amides is 1. The summed E-state index contributed by atoms with van der Waals surface area (Å²) >= 11 is 13.3. The highest BCUT2D eigenvalue weighted by atomic mass is 35.5. The molecule has 0 atom stereocenters. The molecule has 0 saturated carbocycles. The number of carbonyl (C=O) groups is 1. The maximum atomic E-state index is 12.4. The van der Waals surface area contributed by atoms with Crippen LogP contribution < -0.4 is 10.1 Å². The first kappa shape index (κ1) is 19.7. The van der Waals surface area contributed by atoms with Crippen molar-refractivity contribution in [1.82, 2.24) is 0 Å². The topological polar surface area (TPSA) is 38.3 Å². The van der Waals surface area contributed by atoms with Gasteiger partial charge in [-0.15, -0.1) is 11.3 Å². The molecule has 1 heterocycles. The van der Waals surface area contributed by atoms with Crippen LogP contribution in [-0.2, 0) is 6.61 Å². The molecule has 27 heavy (non-hydrogen) atoms. The molecule has 0 spiro atoms. The van der Waals surface area contributed by atoms with Crippen LogP contribution in [0.2, 0.25) is 10.0 Å². The third-order valence-corrected chi connectivity index (χ3v) is 5.57. The van der Waals surface area contributed by atoms with Crippen molar-refractivity contribution in [3.05, 3.63) is 79.0 Å². The average Bonchev–Trinajstić information content (AvgIpc) is 3.05. The lowest BCUT2D eigenvalue weighted by Crippen LogP contribution is -2.10. The molecular weight excluding hydrogens is 401 g/mol. The van der Waals surface area contributed by atoms with E-state index < -0.39 is 0 Å². The smallest absolute Gasteiger partial charge is 0.265 e. The number of thiophene rings is 1. The molecule has 3 nitrogen and oxygen atoms in total. The van der Waals surface area contributed by atoms with Crippen LogP contribution in [0.4, 0.5) is 5.69 Å². The molecule has 0 unspecified atom stereocenters. The second-order valence-electron chi connectivity index (χ2n) is 6.43. The minimum absolute atomic E-state index is 0.202. The Hall–Kier alpha value is -2.01. The summed E-state index contributed by atoms with van der Waals surface area (Å²) in [6.45, 7) is 6.59. The van der Waals surface area contributed by atoms with Gasteiger partial charge in [-0.2, -0.15) is 0 Å². The van der Waals surface area contributed by atoms with Gasteiger partial charge in [0, 0.05) is 21.3 Å². The third-order valence-electron chi connectivity index (χ3n) is 4.16. The molecular formula is C21H19Cl2NO2S. The Bertz CT molecular complexity index is 978. The summed E-state index contributed by atoms with van der Waals surface area (Å²) in [6.07, 6.45) is 0. The second kappa shape index (κ2) is 8.34. The normalized spacial score (nSPS) is 10.7. The number of nitrogens with one attached hydrogen (secondary N) is 1. The van der Waals surface area contributed by atoms with E-state index in [0.717, 1.165) is 16.9 Å². The van der Waals surface area contributed by atoms with Gasteiger partial charge in [0.1, 0.15) is 12.4 Å². The quantitative estimate of drug-likeness (QED) is 0.492. The lowest BCUT2D eigenvalue weighted by molar-refractivity contribution is 0.103. The number of rotatable bonds is 5. The number of carbonyl (C=O) groups excluding carboxylic acids is 1. The zero-order valence-corrected chi connectivity index (χ0v) is 17.6. The van der Waals surface area contributed by atoms with Gasteiger partial charge < -0.3 is 10.1 Å². The molecule has 0 fully saturated rings. The summed E-state index contributed by atoms with van der Waals surface area (Å²) in [4.78, 5) is 13.0. The van der Waals surface area contributed by atoms with Crippen LogP contribution in [0, 0.1) is 20.8 Å². The zero-order chi connectivity index (χ0) is 19.6. The van der Waals surface area contributed by atoms with Crippen molar-refractivity contribution in [2.45, 2.75) is 27.4 Å². The molecule has 0 aliphatic carbocycles. The first-order valence-corrected chi connectivity index (χ1v) is 10.0. The minimum Gasteiger partial charge on any atom is -0.489 e. The molecule has 1 aromatic heterocycles. The molecule has 6 heteroatoms. The van der Waals surface area contributed by atoms with E-state index in [-0.39, 0.29) is 5.91 Å². The molecule has 0 bridgehead atoms. The number of halogens is 2. The van der Waals surface area contributed by atoms with E-state index in [2.05, 4.69) is 25.2 Å². The molecule has 0 aliphatic rings. The first-order valence-electron chi connectivity index (χ1n) is 8.37. The molecule has 3 rings (SSSR count). The van der Waals surface area contributed by atoms with Crippen molar-refractivity contribution in [3.63, 3.8) is 0 Å². The second-order valence-corrected chi connectivity index (χ2v) is 8.21. The van der Waals surface area contributed by atoms with Gasteiger partial charge in [-0.3, -0.25) is 4.79 Å².